The number of carbonyl (C=O) groups excluding carboxylic acids is 1. The molecule has 0 spiro atoms. The van der Waals surface area contributed by atoms with E-state index in [1.807, 2.05) is 74.6 Å². The lowest BCUT2D eigenvalue weighted by molar-refractivity contribution is -0.113. The Bertz CT molecular complexity index is 1240. The molecular formula is C24H18BrN3OS2. The molecule has 2 heterocycles. The van der Waals surface area contributed by atoms with Crippen molar-refractivity contribution >= 4 is 67.6 Å². The number of rotatable bonds is 2. The van der Waals surface area contributed by atoms with Crippen LogP contribution in [0.15, 0.2) is 97.1 Å². The van der Waals surface area contributed by atoms with Crippen LogP contribution in [-0.4, -0.2) is 18.1 Å². The van der Waals surface area contributed by atoms with Crippen LogP contribution in [0.5, 0.6) is 0 Å². The van der Waals surface area contributed by atoms with Gasteiger partial charge in [-0.1, -0.05) is 57.5 Å². The number of benzene rings is 3. The van der Waals surface area contributed by atoms with Crippen LogP contribution in [0.4, 0.5) is 17.1 Å². The highest BCUT2D eigenvalue weighted by Crippen LogP contribution is 2.50. The Hall–Kier alpha value is -2.48. The van der Waals surface area contributed by atoms with Gasteiger partial charge in [-0.05, 0) is 67.2 Å². The molecule has 3 aromatic carbocycles. The molecule has 0 radical (unpaired) electrons. The van der Waals surface area contributed by atoms with Crippen LogP contribution < -0.4 is 9.80 Å². The van der Waals surface area contributed by atoms with Gasteiger partial charge in [-0.2, -0.15) is 0 Å². The average molecular weight is 508 g/mol. The number of fused-ring (bicyclic) bond motifs is 1. The van der Waals surface area contributed by atoms with Crippen molar-refractivity contribution in [3.63, 3.8) is 0 Å². The van der Waals surface area contributed by atoms with E-state index in [-0.39, 0.29) is 5.91 Å². The van der Waals surface area contributed by atoms with Gasteiger partial charge >= 0.3 is 0 Å². The number of thioether (sulfide) groups is 2. The van der Waals surface area contributed by atoms with Crippen molar-refractivity contribution in [1.29, 1.82) is 0 Å². The summed E-state index contributed by atoms with van der Waals surface area (Å²) in [5, 5.41) is 1.60. The van der Waals surface area contributed by atoms with E-state index in [4.69, 9.17) is 4.99 Å². The summed E-state index contributed by atoms with van der Waals surface area (Å²) in [7, 11) is 2.01. The summed E-state index contributed by atoms with van der Waals surface area (Å²) in [4.78, 5) is 24.1. The number of hydrogen-bond acceptors (Lipinski definition) is 5. The van der Waals surface area contributed by atoms with E-state index >= 15 is 0 Å². The van der Waals surface area contributed by atoms with Crippen molar-refractivity contribution in [2.45, 2.75) is 11.8 Å². The van der Waals surface area contributed by atoms with Gasteiger partial charge in [-0.3, -0.25) is 9.69 Å². The number of halogens is 1. The second-order valence-corrected chi connectivity index (χ2v) is 10.1. The van der Waals surface area contributed by atoms with Gasteiger partial charge in [0.1, 0.15) is 4.91 Å². The predicted octanol–water partition coefficient (Wildman–Crippen LogP) is 6.94. The first-order valence-electron chi connectivity index (χ1n) is 9.69. The van der Waals surface area contributed by atoms with E-state index in [1.165, 1.54) is 11.8 Å². The van der Waals surface area contributed by atoms with E-state index in [0.29, 0.717) is 10.1 Å². The maximum Gasteiger partial charge on any atom is 0.274 e. The Balaban J connectivity index is 1.61. The summed E-state index contributed by atoms with van der Waals surface area (Å²) in [5.74, 6) is -0.0492. The fourth-order valence-electron chi connectivity index (χ4n) is 3.43. The Morgan fingerprint density at radius 1 is 0.903 bits per heavy atom. The van der Waals surface area contributed by atoms with Crippen LogP contribution in [0.3, 0.4) is 0 Å². The van der Waals surface area contributed by atoms with Gasteiger partial charge in [0.05, 0.1) is 22.1 Å². The van der Waals surface area contributed by atoms with Gasteiger partial charge in [-0.15, -0.1) is 0 Å². The quantitative estimate of drug-likeness (QED) is 0.352. The third-order valence-electron chi connectivity index (χ3n) is 5.06. The number of hydrogen-bond donors (Lipinski definition) is 0. The van der Waals surface area contributed by atoms with Gasteiger partial charge in [0.15, 0.2) is 5.17 Å². The molecule has 1 saturated heterocycles. The first-order valence-corrected chi connectivity index (χ1v) is 12.1. The second kappa shape index (κ2) is 8.22. The van der Waals surface area contributed by atoms with Crippen molar-refractivity contribution in [2.75, 3.05) is 16.8 Å². The molecule has 4 nitrogen and oxygen atoms in total. The molecule has 0 aromatic heterocycles. The molecular weight excluding hydrogens is 490 g/mol. The summed E-state index contributed by atoms with van der Waals surface area (Å²) in [5.41, 5.74) is 3.88. The molecule has 31 heavy (non-hydrogen) atoms. The number of amides is 1. The highest BCUT2D eigenvalue weighted by Gasteiger charge is 2.40. The highest BCUT2D eigenvalue weighted by atomic mass is 79.9. The van der Waals surface area contributed by atoms with Crippen molar-refractivity contribution in [3.8, 4) is 0 Å². The van der Waals surface area contributed by atoms with E-state index in [0.717, 1.165) is 37.0 Å². The molecule has 154 valence electrons. The topological polar surface area (TPSA) is 35.9 Å². The first-order chi connectivity index (χ1) is 15.0. The Morgan fingerprint density at radius 3 is 2.32 bits per heavy atom. The molecule has 0 atom stereocenters. The standard InChI is InChI=1S/C24H18BrN3OS2/c1-15-7-13-18(14-8-15)28-22(29)21(23-27(2)19-5-3-4-6-20(19)30-23)31-24(28)26-17-11-9-16(25)10-12-17/h3-14H,1-2H3. The summed E-state index contributed by atoms with van der Waals surface area (Å²) < 4.78 is 0.992. The monoisotopic (exact) mass is 507 g/mol. The average Bonchev–Trinajstić information content (AvgIpc) is 3.27. The predicted molar refractivity (Wildman–Crippen MR) is 135 cm³/mol. The molecule has 0 N–H and O–H groups in total. The van der Waals surface area contributed by atoms with Gasteiger partial charge in [0.2, 0.25) is 0 Å². The molecule has 2 aliphatic heterocycles. The van der Waals surface area contributed by atoms with Gasteiger partial charge in [0.25, 0.3) is 5.91 Å². The highest BCUT2D eigenvalue weighted by molar-refractivity contribution is 9.10. The zero-order valence-electron chi connectivity index (χ0n) is 16.9. The van der Waals surface area contributed by atoms with E-state index < -0.39 is 0 Å². The van der Waals surface area contributed by atoms with Crippen molar-refractivity contribution < 1.29 is 4.79 Å². The fraction of sp³-hybridized carbons (Fsp3) is 0.0833. The molecule has 2 aliphatic rings. The lowest BCUT2D eigenvalue weighted by Crippen LogP contribution is -2.29. The SMILES string of the molecule is Cc1ccc(N2C(=O)C(=C3Sc4ccccc4N3C)SC2=Nc2ccc(Br)cc2)cc1. The number of anilines is 2. The molecule has 1 fully saturated rings. The number of carbonyl (C=O) groups is 1. The molecule has 1 amide bonds. The Morgan fingerprint density at radius 2 is 1.61 bits per heavy atom. The molecule has 5 rings (SSSR count). The third-order valence-corrected chi connectivity index (χ3v) is 7.98. The number of amidine groups is 1. The number of para-hydroxylation sites is 1. The van der Waals surface area contributed by atoms with Crippen LogP contribution in [0.1, 0.15) is 5.56 Å². The number of nitrogens with zero attached hydrogens (tertiary/aromatic N) is 3. The van der Waals surface area contributed by atoms with Crippen LogP contribution in [0.2, 0.25) is 0 Å². The van der Waals surface area contributed by atoms with E-state index in [2.05, 4.69) is 33.0 Å². The number of aryl methyl sites for hydroxylation is 1. The molecule has 0 bridgehead atoms. The van der Waals surface area contributed by atoms with Gasteiger partial charge in [0, 0.05) is 16.4 Å². The Labute approximate surface area is 198 Å². The van der Waals surface area contributed by atoms with Gasteiger partial charge in [-0.25, -0.2) is 4.99 Å². The normalized spacial score (nSPS) is 19.5. The van der Waals surface area contributed by atoms with Crippen molar-refractivity contribution in [2.24, 2.45) is 4.99 Å². The van der Waals surface area contributed by atoms with Crippen LogP contribution >= 0.6 is 39.5 Å². The second-order valence-electron chi connectivity index (χ2n) is 7.21. The third kappa shape index (κ3) is 3.82. The molecule has 0 unspecified atom stereocenters. The summed E-state index contributed by atoms with van der Waals surface area (Å²) in [6, 6.07) is 24.0. The minimum atomic E-state index is -0.0492. The fourth-order valence-corrected chi connectivity index (χ4v) is 6.04. The first kappa shape index (κ1) is 20.4. The molecule has 3 aromatic rings. The molecule has 7 heteroatoms. The van der Waals surface area contributed by atoms with Crippen LogP contribution in [0, 0.1) is 6.92 Å². The summed E-state index contributed by atoms with van der Waals surface area (Å²) >= 11 is 6.52. The lowest BCUT2D eigenvalue weighted by atomic mass is 10.2. The molecule has 0 saturated carbocycles. The minimum Gasteiger partial charge on any atom is -0.337 e. The van der Waals surface area contributed by atoms with Crippen molar-refractivity contribution in [1.82, 2.24) is 0 Å². The molecule has 0 aliphatic carbocycles. The van der Waals surface area contributed by atoms with Crippen LogP contribution in [-0.2, 0) is 4.79 Å². The van der Waals surface area contributed by atoms with E-state index in [9.17, 15) is 4.79 Å². The maximum atomic E-state index is 13.6. The lowest BCUT2D eigenvalue weighted by Gasteiger charge is -2.17. The Kier molecular flexibility index (Phi) is 5.42. The largest absolute Gasteiger partial charge is 0.337 e. The van der Waals surface area contributed by atoms with Crippen molar-refractivity contribution in [3.05, 3.63) is 92.8 Å². The summed E-state index contributed by atoms with van der Waals surface area (Å²) in [6.45, 7) is 2.04. The minimum absolute atomic E-state index is 0.0492. The zero-order valence-corrected chi connectivity index (χ0v) is 20.1. The van der Waals surface area contributed by atoms with Gasteiger partial charge < -0.3 is 4.90 Å². The number of aliphatic imine (C=N–C) groups is 1. The van der Waals surface area contributed by atoms with Crippen LogP contribution in [0.25, 0.3) is 0 Å². The zero-order chi connectivity index (χ0) is 21.5. The smallest absolute Gasteiger partial charge is 0.274 e. The van der Waals surface area contributed by atoms with E-state index in [1.54, 1.807) is 16.7 Å². The summed E-state index contributed by atoms with van der Waals surface area (Å²) in [6.07, 6.45) is 0. The maximum absolute atomic E-state index is 13.6.